The summed E-state index contributed by atoms with van der Waals surface area (Å²) in [5, 5.41) is 12.3. The number of hydrogen-bond acceptors (Lipinski definition) is 4. The van der Waals surface area contributed by atoms with Crippen molar-refractivity contribution in [2.24, 2.45) is 5.92 Å². The fourth-order valence-corrected chi connectivity index (χ4v) is 2.05. The van der Waals surface area contributed by atoms with E-state index in [1.807, 2.05) is 6.92 Å². The van der Waals surface area contributed by atoms with Gasteiger partial charge in [0.25, 0.3) is 0 Å². The van der Waals surface area contributed by atoms with Gasteiger partial charge in [0.2, 0.25) is 0 Å². The molecule has 0 aromatic carbocycles. The molecule has 3 atom stereocenters. The molecule has 0 amide bonds. The van der Waals surface area contributed by atoms with Crippen LogP contribution in [0.15, 0.2) is 0 Å². The van der Waals surface area contributed by atoms with Gasteiger partial charge in [-0.2, -0.15) is 0 Å². The van der Waals surface area contributed by atoms with Gasteiger partial charge in [0, 0.05) is 19.2 Å². The van der Waals surface area contributed by atoms with Crippen molar-refractivity contribution in [3.63, 3.8) is 0 Å². The lowest BCUT2D eigenvalue weighted by Gasteiger charge is -2.24. The molecule has 3 unspecified atom stereocenters. The number of rotatable bonds is 8. The first-order chi connectivity index (χ1) is 8.54. The summed E-state index contributed by atoms with van der Waals surface area (Å²) in [5.41, 5.74) is 0. The maximum atomic E-state index is 10.8. The zero-order chi connectivity index (χ0) is 13.5. The average Bonchev–Trinajstić information content (AvgIpc) is 2.77. The number of ether oxygens (including phenoxy) is 2. The van der Waals surface area contributed by atoms with Gasteiger partial charge >= 0.3 is 5.97 Å². The maximum Gasteiger partial charge on any atom is 0.332 e. The molecular formula is C13H25NO4. The molecule has 106 valence electrons. The molecule has 1 saturated heterocycles. The minimum atomic E-state index is -0.854. The second-order valence-corrected chi connectivity index (χ2v) is 5.08. The van der Waals surface area contributed by atoms with Crippen LogP contribution in [0.2, 0.25) is 0 Å². The molecule has 1 fully saturated rings. The third-order valence-electron chi connectivity index (χ3n) is 3.30. The molecule has 0 spiro atoms. The van der Waals surface area contributed by atoms with Gasteiger partial charge in [-0.1, -0.05) is 13.8 Å². The summed E-state index contributed by atoms with van der Waals surface area (Å²) < 4.78 is 10.9. The number of carboxylic acid groups (broad SMARTS) is 1. The van der Waals surface area contributed by atoms with E-state index in [4.69, 9.17) is 14.6 Å². The second-order valence-electron chi connectivity index (χ2n) is 5.08. The summed E-state index contributed by atoms with van der Waals surface area (Å²) in [6, 6.07) is 0.289. The summed E-state index contributed by atoms with van der Waals surface area (Å²) in [6.45, 7) is 8.36. The molecule has 0 aliphatic carbocycles. The largest absolute Gasteiger partial charge is 0.479 e. The fraction of sp³-hybridized carbons (Fsp3) is 0.923. The highest BCUT2D eigenvalue weighted by molar-refractivity contribution is 5.72. The van der Waals surface area contributed by atoms with Crippen LogP contribution >= 0.6 is 0 Å². The Bertz CT molecular complexity index is 257. The molecule has 1 heterocycles. The van der Waals surface area contributed by atoms with Crippen LogP contribution in [0.5, 0.6) is 0 Å². The first kappa shape index (κ1) is 15.4. The predicted molar refractivity (Wildman–Crippen MR) is 68.7 cm³/mol. The van der Waals surface area contributed by atoms with Gasteiger partial charge in [-0.05, 0) is 25.7 Å². The van der Waals surface area contributed by atoms with Crippen LogP contribution in [0.25, 0.3) is 0 Å². The highest BCUT2D eigenvalue weighted by Gasteiger charge is 2.30. The molecule has 5 heteroatoms. The Morgan fingerprint density at radius 3 is 2.72 bits per heavy atom. The molecule has 0 saturated carbocycles. The van der Waals surface area contributed by atoms with E-state index < -0.39 is 12.1 Å². The topological polar surface area (TPSA) is 67.8 Å². The van der Waals surface area contributed by atoms with Gasteiger partial charge in [-0.15, -0.1) is 0 Å². The predicted octanol–water partition coefficient (Wildman–Crippen LogP) is 1.27. The quantitative estimate of drug-likeness (QED) is 0.687. The van der Waals surface area contributed by atoms with E-state index in [2.05, 4.69) is 19.2 Å². The molecule has 5 nitrogen and oxygen atoms in total. The Hall–Kier alpha value is -0.650. The van der Waals surface area contributed by atoms with Gasteiger partial charge in [-0.3, -0.25) is 0 Å². The minimum Gasteiger partial charge on any atom is -0.479 e. The summed E-state index contributed by atoms with van der Waals surface area (Å²) in [4.78, 5) is 10.8. The number of nitrogens with one attached hydrogen (secondary N) is 1. The lowest BCUT2D eigenvalue weighted by atomic mass is 10.0. The van der Waals surface area contributed by atoms with Crippen LogP contribution in [0.3, 0.4) is 0 Å². The lowest BCUT2D eigenvalue weighted by molar-refractivity contribution is -0.149. The smallest absolute Gasteiger partial charge is 0.332 e. The summed E-state index contributed by atoms with van der Waals surface area (Å²) in [7, 11) is 0. The Labute approximate surface area is 109 Å². The van der Waals surface area contributed by atoms with Crippen molar-refractivity contribution in [2.75, 3.05) is 19.8 Å². The molecule has 0 aromatic rings. The van der Waals surface area contributed by atoms with Crippen LogP contribution in [0.4, 0.5) is 0 Å². The van der Waals surface area contributed by atoms with Gasteiger partial charge in [0.15, 0.2) is 6.10 Å². The maximum absolute atomic E-state index is 10.8. The van der Waals surface area contributed by atoms with Gasteiger partial charge in [-0.25, -0.2) is 4.79 Å². The zero-order valence-electron chi connectivity index (χ0n) is 11.5. The second kappa shape index (κ2) is 7.71. The van der Waals surface area contributed by atoms with Crippen molar-refractivity contribution < 1.29 is 19.4 Å². The molecular weight excluding hydrogens is 234 g/mol. The van der Waals surface area contributed by atoms with Crippen LogP contribution in [0.1, 0.15) is 33.6 Å². The van der Waals surface area contributed by atoms with Gasteiger partial charge < -0.3 is 19.9 Å². The summed E-state index contributed by atoms with van der Waals surface area (Å²) in [5.74, 6) is -0.375. The number of aliphatic carboxylic acids is 1. The van der Waals surface area contributed by atoms with Crippen molar-refractivity contribution in [1.29, 1.82) is 0 Å². The fourth-order valence-electron chi connectivity index (χ4n) is 2.05. The van der Waals surface area contributed by atoms with E-state index in [9.17, 15) is 4.79 Å². The van der Waals surface area contributed by atoms with Crippen molar-refractivity contribution in [3.8, 4) is 0 Å². The first-order valence-corrected chi connectivity index (χ1v) is 6.74. The number of carbonyl (C=O) groups is 1. The van der Waals surface area contributed by atoms with E-state index in [1.54, 1.807) is 0 Å². The van der Waals surface area contributed by atoms with E-state index in [1.165, 1.54) is 0 Å². The molecule has 0 radical (unpaired) electrons. The van der Waals surface area contributed by atoms with E-state index in [0.717, 1.165) is 6.42 Å². The lowest BCUT2D eigenvalue weighted by Crippen LogP contribution is -2.42. The normalized spacial score (nSPS) is 25.6. The Balaban J connectivity index is 2.28. The third kappa shape index (κ3) is 4.92. The van der Waals surface area contributed by atoms with E-state index in [0.29, 0.717) is 32.1 Å². The van der Waals surface area contributed by atoms with Gasteiger partial charge in [0.05, 0.1) is 12.7 Å². The highest BCUT2D eigenvalue weighted by atomic mass is 16.5. The molecule has 18 heavy (non-hydrogen) atoms. The number of carboxylic acids is 1. The van der Waals surface area contributed by atoms with E-state index in [-0.39, 0.29) is 12.1 Å². The molecule has 1 aliphatic heterocycles. The van der Waals surface area contributed by atoms with Crippen LogP contribution in [0, 0.1) is 5.92 Å². The standard InChI is InChI=1S/C13H25NO4/c1-4-17-8-11(9(2)3)14-7-10-5-6-12(18-10)13(15)16/h9-12,14H,4-8H2,1-3H3,(H,15,16). The molecule has 2 N–H and O–H groups in total. The third-order valence-corrected chi connectivity index (χ3v) is 3.30. The SMILES string of the molecule is CCOCC(NCC1CCC(C(=O)O)O1)C(C)C. The summed E-state index contributed by atoms with van der Waals surface area (Å²) in [6.07, 6.45) is 0.804. The van der Waals surface area contributed by atoms with Crippen molar-refractivity contribution in [1.82, 2.24) is 5.32 Å². The Kier molecular flexibility index (Phi) is 6.60. The van der Waals surface area contributed by atoms with Crippen molar-refractivity contribution in [2.45, 2.75) is 51.9 Å². The zero-order valence-corrected chi connectivity index (χ0v) is 11.5. The van der Waals surface area contributed by atoms with Crippen molar-refractivity contribution >= 4 is 5.97 Å². The number of hydrogen-bond donors (Lipinski definition) is 2. The van der Waals surface area contributed by atoms with Crippen LogP contribution in [-0.4, -0.2) is 49.1 Å². The Morgan fingerprint density at radius 2 is 2.22 bits per heavy atom. The molecule has 1 aliphatic rings. The van der Waals surface area contributed by atoms with Crippen LogP contribution < -0.4 is 5.32 Å². The molecule has 1 rings (SSSR count). The first-order valence-electron chi connectivity index (χ1n) is 6.74. The molecule has 0 bridgehead atoms. The van der Waals surface area contributed by atoms with Crippen LogP contribution in [-0.2, 0) is 14.3 Å². The van der Waals surface area contributed by atoms with E-state index >= 15 is 0 Å². The van der Waals surface area contributed by atoms with Gasteiger partial charge in [0.1, 0.15) is 0 Å². The minimum absolute atomic E-state index is 0.00831. The summed E-state index contributed by atoms with van der Waals surface area (Å²) >= 11 is 0. The highest BCUT2D eigenvalue weighted by Crippen LogP contribution is 2.19. The monoisotopic (exact) mass is 259 g/mol. The molecule has 0 aromatic heterocycles. The van der Waals surface area contributed by atoms with Crippen molar-refractivity contribution in [3.05, 3.63) is 0 Å². The Morgan fingerprint density at radius 1 is 1.50 bits per heavy atom. The average molecular weight is 259 g/mol.